The fourth-order valence-corrected chi connectivity index (χ4v) is 4.79. The van der Waals surface area contributed by atoms with E-state index in [9.17, 15) is 18.6 Å². The molecular formula is C12H21N3O4S. The van der Waals surface area contributed by atoms with Gasteiger partial charge in [0.2, 0.25) is 0 Å². The van der Waals surface area contributed by atoms with Crippen LogP contribution in [0.25, 0.3) is 0 Å². The van der Waals surface area contributed by atoms with E-state index in [0.29, 0.717) is 25.2 Å². The molecule has 1 aromatic rings. The molecule has 114 valence electrons. The zero-order valence-corrected chi connectivity index (χ0v) is 12.4. The molecule has 7 nitrogen and oxygen atoms in total. The van der Waals surface area contributed by atoms with Gasteiger partial charge in [-0.3, -0.25) is 4.68 Å². The third-order valence-corrected chi connectivity index (χ3v) is 6.00. The predicted octanol–water partition coefficient (Wildman–Crippen LogP) is -0.754. The number of hydrogen-bond acceptors (Lipinski definition) is 6. The largest absolute Gasteiger partial charge is 0.396 e. The molecule has 2 heterocycles. The molecule has 1 aliphatic heterocycles. The molecule has 0 saturated carbocycles. The highest BCUT2D eigenvalue weighted by molar-refractivity contribution is 7.91. The molecule has 1 atom stereocenters. The Hall–Kier alpha value is -0.990. The summed E-state index contributed by atoms with van der Waals surface area (Å²) < 4.78 is 25.0. The Labute approximate surface area is 118 Å². The van der Waals surface area contributed by atoms with Crippen molar-refractivity contribution in [1.82, 2.24) is 14.8 Å². The first kappa shape index (κ1) is 15.4. The van der Waals surface area contributed by atoms with Crippen LogP contribution in [0.4, 0.5) is 0 Å². The van der Waals surface area contributed by atoms with Crippen LogP contribution >= 0.6 is 0 Å². The fourth-order valence-electron chi connectivity index (χ4n) is 2.85. The summed E-state index contributed by atoms with van der Waals surface area (Å²) in [5.74, 6) is 0.568. The molecule has 0 spiro atoms. The number of hydrogen-bond donors (Lipinski definition) is 2. The Morgan fingerprint density at radius 3 is 2.65 bits per heavy atom. The normalized spacial score (nSPS) is 22.2. The minimum absolute atomic E-state index is 0.0222. The molecule has 1 aromatic heterocycles. The minimum atomic E-state index is -3.06. The minimum Gasteiger partial charge on any atom is -0.396 e. The highest BCUT2D eigenvalue weighted by atomic mass is 32.2. The van der Waals surface area contributed by atoms with Crippen LogP contribution in [0.15, 0.2) is 6.33 Å². The first-order valence-electron chi connectivity index (χ1n) is 6.75. The summed E-state index contributed by atoms with van der Waals surface area (Å²) in [6, 6.07) is 0. The molecule has 0 aromatic carbocycles. The number of aliphatic hydroxyl groups is 2. The lowest BCUT2D eigenvalue weighted by atomic mass is 9.73. The summed E-state index contributed by atoms with van der Waals surface area (Å²) in [5.41, 5.74) is -0.858. The quantitative estimate of drug-likeness (QED) is 0.716. The highest BCUT2D eigenvalue weighted by Gasteiger charge is 2.44. The Morgan fingerprint density at radius 2 is 2.15 bits per heavy atom. The number of nitrogens with zero attached hydrogens (tertiary/aromatic N) is 3. The van der Waals surface area contributed by atoms with Crippen molar-refractivity contribution in [2.75, 3.05) is 24.7 Å². The Balaban J connectivity index is 2.26. The van der Waals surface area contributed by atoms with Crippen molar-refractivity contribution in [1.29, 1.82) is 0 Å². The van der Waals surface area contributed by atoms with E-state index in [-0.39, 0.29) is 30.6 Å². The molecule has 0 amide bonds. The molecule has 0 bridgehead atoms. The predicted molar refractivity (Wildman–Crippen MR) is 72.8 cm³/mol. The summed E-state index contributed by atoms with van der Waals surface area (Å²) in [6.07, 6.45) is 2.24. The standard InChI is InChI=1S/C12H21N3O4S/c1-2-15-11(13-9-14-15)5-12(7-16,8-17)10-3-4-20(18,19)6-10/h9-10,16-17H,2-8H2,1H3. The lowest BCUT2D eigenvalue weighted by Crippen LogP contribution is -2.41. The Kier molecular flexibility index (Phi) is 4.46. The molecule has 1 fully saturated rings. The zero-order valence-electron chi connectivity index (χ0n) is 11.6. The number of aliphatic hydroxyl groups excluding tert-OH is 2. The van der Waals surface area contributed by atoms with Gasteiger partial charge in [-0.1, -0.05) is 0 Å². The van der Waals surface area contributed by atoms with Crippen molar-refractivity contribution in [2.24, 2.45) is 11.3 Å². The van der Waals surface area contributed by atoms with E-state index >= 15 is 0 Å². The van der Waals surface area contributed by atoms with E-state index in [0.717, 1.165) is 0 Å². The summed E-state index contributed by atoms with van der Waals surface area (Å²) in [5, 5.41) is 23.6. The first-order chi connectivity index (χ1) is 9.46. The average Bonchev–Trinajstić information content (AvgIpc) is 3.02. The molecular weight excluding hydrogens is 282 g/mol. The molecule has 8 heteroatoms. The maximum absolute atomic E-state index is 11.6. The van der Waals surface area contributed by atoms with Gasteiger partial charge in [0.25, 0.3) is 0 Å². The smallest absolute Gasteiger partial charge is 0.150 e. The van der Waals surface area contributed by atoms with Gasteiger partial charge in [0.05, 0.1) is 24.7 Å². The van der Waals surface area contributed by atoms with Gasteiger partial charge < -0.3 is 10.2 Å². The monoisotopic (exact) mass is 303 g/mol. The third kappa shape index (κ3) is 2.87. The first-order valence-corrected chi connectivity index (χ1v) is 8.57. The number of aryl methyl sites for hydroxylation is 1. The van der Waals surface area contributed by atoms with Crippen molar-refractivity contribution < 1.29 is 18.6 Å². The maximum Gasteiger partial charge on any atom is 0.150 e. The van der Waals surface area contributed by atoms with Gasteiger partial charge in [0.1, 0.15) is 12.2 Å². The molecule has 1 saturated heterocycles. The van der Waals surface area contributed by atoms with Crippen LogP contribution in [0.3, 0.4) is 0 Å². The van der Waals surface area contributed by atoms with Gasteiger partial charge in [0.15, 0.2) is 9.84 Å². The summed E-state index contributed by atoms with van der Waals surface area (Å²) in [6.45, 7) is 2.05. The van der Waals surface area contributed by atoms with Crippen LogP contribution < -0.4 is 0 Å². The van der Waals surface area contributed by atoms with Crippen LogP contribution in [0.2, 0.25) is 0 Å². The van der Waals surface area contributed by atoms with E-state index in [4.69, 9.17) is 0 Å². The second kappa shape index (κ2) is 5.79. The number of sulfone groups is 1. The lowest BCUT2D eigenvalue weighted by Gasteiger charge is -2.34. The van der Waals surface area contributed by atoms with Gasteiger partial charge in [-0.15, -0.1) is 0 Å². The van der Waals surface area contributed by atoms with Crippen LogP contribution in [0.1, 0.15) is 19.2 Å². The zero-order chi connectivity index (χ0) is 14.8. The fraction of sp³-hybridized carbons (Fsp3) is 0.833. The van der Waals surface area contributed by atoms with Crippen molar-refractivity contribution in [2.45, 2.75) is 26.3 Å². The second-order valence-corrected chi connectivity index (χ2v) is 7.68. The molecule has 2 rings (SSSR count). The molecule has 0 radical (unpaired) electrons. The van der Waals surface area contributed by atoms with Gasteiger partial charge in [-0.25, -0.2) is 13.4 Å². The Morgan fingerprint density at radius 1 is 1.45 bits per heavy atom. The van der Waals surface area contributed by atoms with E-state index in [2.05, 4.69) is 10.1 Å². The SMILES string of the molecule is CCn1ncnc1CC(CO)(CO)C1CCS(=O)(=O)C1. The van der Waals surface area contributed by atoms with Crippen LogP contribution in [-0.2, 0) is 22.8 Å². The van der Waals surface area contributed by atoms with Crippen LogP contribution in [0.5, 0.6) is 0 Å². The van der Waals surface area contributed by atoms with Crippen molar-refractivity contribution in [3.05, 3.63) is 12.2 Å². The second-order valence-electron chi connectivity index (χ2n) is 5.45. The van der Waals surface area contributed by atoms with Crippen LogP contribution in [0, 0.1) is 11.3 Å². The summed E-state index contributed by atoms with van der Waals surface area (Å²) in [7, 11) is -3.06. The van der Waals surface area contributed by atoms with E-state index < -0.39 is 15.3 Å². The Bertz CT molecular complexity index is 551. The number of rotatable bonds is 6. The molecule has 1 aliphatic rings. The van der Waals surface area contributed by atoms with Gasteiger partial charge in [-0.2, -0.15) is 5.10 Å². The molecule has 0 aliphatic carbocycles. The molecule has 1 unspecified atom stereocenters. The van der Waals surface area contributed by atoms with Gasteiger partial charge >= 0.3 is 0 Å². The van der Waals surface area contributed by atoms with E-state index in [1.165, 1.54) is 6.33 Å². The van der Waals surface area contributed by atoms with Crippen molar-refractivity contribution >= 4 is 9.84 Å². The lowest BCUT2D eigenvalue weighted by molar-refractivity contribution is 0.0101. The van der Waals surface area contributed by atoms with Gasteiger partial charge in [0, 0.05) is 18.4 Å². The van der Waals surface area contributed by atoms with E-state index in [1.807, 2.05) is 6.92 Å². The van der Waals surface area contributed by atoms with Crippen LogP contribution in [-0.4, -0.2) is 58.1 Å². The van der Waals surface area contributed by atoms with E-state index in [1.54, 1.807) is 4.68 Å². The van der Waals surface area contributed by atoms with Gasteiger partial charge in [-0.05, 0) is 19.3 Å². The third-order valence-electron chi connectivity index (χ3n) is 4.23. The molecule has 20 heavy (non-hydrogen) atoms. The van der Waals surface area contributed by atoms with Crippen molar-refractivity contribution in [3.63, 3.8) is 0 Å². The highest BCUT2D eigenvalue weighted by Crippen LogP contribution is 2.38. The average molecular weight is 303 g/mol. The summed E-state index contributed by atoms with van der Waals surface area (Å²) in [4.78, 5) is 4.16. The molecule has 2 N–H and O–H groups in total. The van der Waals surface area contributed by atoms with Crippen molar-refractivity contribution in [3.8, 4) is 0 Å². The maximum atomic E-state index is 11.6. The summed E-state index contributed by atoms with van der Waals surface area (Å²) >= 11 is 0. The topological polar surface area (TPSA) is 105 Å². The number of aromatic nitrogens is 3.